The van der Waals surface area contributed by atoms with Crippen LogP contribution in [0.15, 0.2) is 36.4 Å². The van der Waals surface area contributed by atoms with E-state index < -0.39 is 0 Å². The molecule has 1 heterocycles. The number of hydrogen-bond donors (Lipinski definition) is 2. The second-order valence-electron chi connectivity index (χ2n) is 7.50. The molecule has 31 heavy (non-hydrogen) atoms. The van der Waals surface area contributed by atoms with Crippen molar-refractivity contribution in [3.05, 3.63) is 58.7 Å². The molecule has 3 rings (SSSR count). The zero-order valence-electron chi connectivity index (χ0n) is 18.5. The van der Waals surface area contributed by atoms with Crippen LogP contribution < -0.4 is 19.7 Å². The average molecular weight is 428 g/mol. The summed E-state index contributed by atoms with van der Waals surface area (Å²) in [4.78, 5) is 25.2. The molecule has 2 N–H and O–H groups in total. The van der Waals surface area contributed by atoms with Gasteiger partial charge in [0.2, 0.25) is 0 Å². The topological polar surface area (TPSA) is 78.3 Å². The monoisotopic (exact) mass is 427 g/mol. The lowest BCUT2D eigenvalue weighted by Crippen LogP contribution is -3.12. The summed E-state index contributed by atoms with van der Waals surface area (Å²) < 4.78 is 16.2. The fraction of sp³-hybridized carbons (Fsp3) is 0.417. The van der Waals surface area contributed by atoms with Crippen molar-refractivity contribution in [3.63, 3.8) is 0 Å². The predicted molar refractivity (Wildman–Crippen MR) is 117 cm³/mol. The molecule has 7 nitrogen and oxygen atoms in total. The summed E-state index contributed by atoms with van der Waals surface area (Å²) in [5, 5.41) is 2.97. The number of benzene rings is 2. The van der Waals surface area contributed by atoms with Gasteiger partial charge in [0, 0.05) is 18.5 Å². The number of methoxy groups -OCH3 is 1. The van der Waals surface area contributed by atoms with Crippen molar-refractivity contribution in [1.29, 1.82) is 0 Å². The third-order valence-electron chi connectivity index (χ3n) is 5.33. The Balaban J connectivity index is 1.55. The first-order valence-electron chi connectivity index (χ1n) is 10.7. The highest BCUT2D eigenvalue weighted by Crippen LogP contribution is 2.32. The van der Waals surface area contributed by atoms with Gasteiger partial charge in [0.15, 0.2) is 18.0 Å². The summed E-state index contributed by atoms with van der Waals surface area (Å²) in [6.07, 6.45) is 0.902. The van der Waals surface area contributed by atoms with E-state index in [2.05, 4.69) is 17.4 Å². The van der Waals surface area contributed by atoms with Crippen LogP contribution in [0.4, 0.5) is 0 Å². The largest absolute Gasteiger partial charge is 0.490 e. The van der Waals surface area contributed by atoms with Crippen molar-refractivity contribution in [2.75, 3.05) is 33.4 Å². The Kier molecular flexibility index (Phi) is 7.89. The first-order chi connectivity index (χ1) is 15.0. The van der Waals surface area contributed by atoms with Gasteiger partial charge < -0.3 is 24.4 Å². The Labute approximate surface area is 183 Å². The molecule has 1 unspecified atom stereocenters. The maximum absolute atomic E-state index is 12.5. The lowest BCUT2D eigenvalue weighted by Gasteiger charge is -2.26. The summed E-state index contributed by atoms with van der Waals surface area (Å²) in [7, 11) is 1.35. The summed E-state index contributed by atoms with van der Waals surface area (Å²) in [6, 6.07) is 11.2. The fourth-order valence-corrected chi connectivity index (χ4v) is 3.76. The summed E-state index contributed by atoms with van der Waals surface area (Å²) in [6.45, 7) is 7.62. The van der Waals surface area contributed by atoms with Gasteiger partial charge in [-0.25, -0.2) is 4.79 Å². The van der Waals surface area contributed by atoms with Gasteiger partial charge in [0.25, 0.3) is 5.91 Å². The van der Waals surface area contributed by atoms with E-state index in [-0.39, 0.29) is 11.9 Å². The molecular formula is C24H31N2O5+. The summed E-state index contributed by atoms with van der Waals surface area (Å²) in [5.41, 5.74) is 3.90. The molecule has 0 saturated heterocycles. The Bertz CT molecular complexity index is 911. The number of esters is 1. The highest BCUT2D eigenvalue weighted by molar-refractivity contribution is 5.89. The van der Waals surface area contributed by atoms with Gasteiger partial charge in [-0.3, -0.25) is 4.79 Å². The maximum atomic E-state index is 12.5. The smallest absolute Gasteiger partial charge is 0.337 e. The lowest BCUT2D eigenvalue weighted by molar-refractivity contribution is -0.908. The van der Waals surface area contributed by atoms with Crippen LogP contribution in [0.25, 0.3) is 0 Å². The minimum absolute atomic E-state index is 0.00598. The zero-order chi connectivity index (χ0) is 22.2. The van der Waals surface area contributed by atoms with Crippen molar-refractivity contribution >= 4 is 11.9 Å². The lowest BCUT2D eigenvalue weighted by atomic mass is 9.98. The third-order valence-corrected chi connectivity index (χ3v) is 5.33. The Morgan fingerprint density at radius 1 is 1.00 bits per heavy atom. The molecule has 166 valence electrons. The normalized spacial score (nSPS) is 15.0. The number of amides is 1. The highest BCUT2D eigenvalue weighted by Gasteiger charge is 2.24. The number of ether oxygens (including phenoxy) is 3. The quantitative estimate of drug-likeness (QED) is 0.594. The van der Waals surface area contributed by atoms with Crippen molar-refractivity contribution < 1.29 is 28.7 Å². The Morgan fingerprint density at radius 3 is 2.26 bits per heavy atom. The SMILES string of the molecule is CCOc1cc2c(cc1OCC)C[NH+](CC(=O)NCc1ccc(C(=O)OC)cc1)CC2. The molecule has 0 bridgehead atoms. The van der Waals surface area contributed by atoms with Gasteiger partial charge in [-0.2, -0.15) is 0 Å². The molecule has 0 radical (unpaired) electrons. The average Bonchev–Trinajstić information content (AvgIpc) is 2.78. The van der Waals surface area contributed by atoms with Crippen LogP contribution in [-0.4, -0.2) is 45.3 Å². The molecule has 2 aromatic carbocycles. The molecule has 0 saturated carbocycles. The van der Waals surface area contributed by atoms with E-state index in [4.69, 9.17) is 14.2 Å². The van der Waals surface area contributed by atoms with Gasteiger partial charge >= 0.3 is 5.97 Å². The first kappa shape index (κ1) is 22.6. The van der Waals surface area contributed by atoms with Gasteiger partial charge in [0.1, 0.15) is 6.54 Å². The van der Waals surface area contributed by atoms with Gasteiger partial charge in [0.05, 0.1) is 32.4 Å². The van der Waals surface area contributed by atoms with Crippen molar-refractivity contribution in [2.24, 2.45) is 0 Å². The minimum Gasteiger partial charge on any atom is -0.490 e. The van der Waals surface area contributed by atoms with Crippen LogP contribution in [0.3, 0.4) is 0 Å². The Morgan fingerprint density at radius 2 is 1.65 bits per heavy atom. The standard InChI is InChI=1S/C24H30N2O5/c1-4-30-21-12-19-10-11-26(15-20(19)13-22(21)31-5-2)16-23(27)25-14-17-6-8-18(9-7-17)24(28)29-3/h6-9,12-13H,4-5,10-11,14-16H2,1-3H3,(H,25,27)/p+1. The first-order valence-corrected chi connectivity index (χ1v) is 10.7. The van der Waals surface area contributed by atoms with E-state index in [9.17, 15) is 9.59 Å². The number of nitrogens with one attached hydrogen (secondary N) is 2. The second kappa shape index (κ2) is 10.8. The molecule has 0 aromatic heterocycles. The van der Waals surface area contributed by atoms with Crippen molar-refractivity contribution in [2.45, 2.75) is 33.4 Å². The van der Waals surface area contributed by atoms with Crippen LogP contribution in [0.2, 0.25) is 0 Å². The molecule has 7 heteroatoms. The molecule has 2 aromatic rings. The van der Waals surface area contributed by atoms with Crippen molar-refractivity contribution in [3.8, 4) is 11.5 Å². The predicted octanol–water partition coefficient (Wildman–Crippen LogP) is 1.53. The number of fused-ring (bicyclic) bond motifs is 1. The molecule has 0 spiro atoms. The maximum Gasteiger partial charge on any atom is 0.337 e. The van der Waals surface area contributed by atoms with E-state index in [1.807, 2.05) is 26.0 Å². The molecule has 1 aliphatic heterocycles. The third kappa shape index (κ3) is 5.98. The van der Waals surface area contributed by atoms with Crippen LogP contribution in [-0.2, 0) is 29.0 Å². The molecule has 1 aliphatic rings. The number of carbonyl (C=O) groups is 2. The molecule has 0 fully saturated rings. The molecule has 1 amide bonds. The zero-order valence-corrected chi connectivity index (χ0v) is 18.5. The van der Waals surface area contributed by atoms with Crippen LogP contribution in [0.1, 0.15) is 40.9 Å². The van der Waals surface area contributed by atoms with E-state index in [1.54, 1.807) is 12.1 Å². The summed E-state index contributed by atoms with van der Waals surface area (Å²) >= 11 is 0. The van der Waals surface area contributed by atoms with Crippen LogP contribution in [0.5, 0.6) is 11.5 Å². The van der Waals surface area contributed by atoms with E-state index in [0.29, 0.717) is 31.9 Å². The van der Waals surface area contributed by atoms with Gasteiger partial charge in [-0.1, -0.05) is 12.1 Å². The Hall–Kier alpha value is -3.06. The minimum atomic E-state index is -0.370. The number of carbonyl (C=O) groups excluding carboxylic acids is 2. The second-order valence-corrected chi connectivity index (χ2v) is 7.50. The van der Waals surface area contributed by atoms with E-state index in [0.717, 1.165) is 36.6 Å². The van der Waals surface area contributed by atoms with E-state index in [1.165, 1.54) is 23.1 Å². The van der Waals surface area contributed by atoms with Crippen LogP contribution >= 0.6 is 0 Å². The van der Waals surface area contributed by atoms with Crippen LogP contribution in [0, 0.1) is 0 Å². The molecular weight excluding hydrogens is 396 g/mol. The fourth-order valence-electron chi connectivity index (χ4n) is 3.76. The van der Waals surface area contributed by atoms with Crippen molar-refractivity contribution in [1.82, 2.24) is 5.32 Å². The highest BCUT2D eigenvalue weighted by atomic mass is 16.5. The molecule has 0 aliphatic carbocycles. The van der Waals surface area contributed by atoms with E-state index >= 15 is 0 Å². The number of rotatable bonds is 9. The summed E-state index contributed by atoms with van der Waals surface area (Å²) in [5.74, 6) is 1.20. The number of hydrogen-bond acceptors (Lipinski definition) is 5. The number of quaternary nitrogens is 1. The van der Waals surface area contributed by atoms with Gasteiger partial charge in [-0.15, -0.1) is 0 Å². The molecule has 1 atom stereocenters. The van der Waals surface area contributed by atoms with Gasteiger partial charge in [-0.05, 0) is 49.2 Å².